The maximum Gasteiger partial charge on any atom is 0.128 e. The van der Waals surface area contributed by atoms with Gasteiger partial charge in [0, 0.05) is 31.9 Å². The summed E-state index contributed by atoms with van der Waals surface area (Å²) < 4.78 is 24.1. The average molecular weight is 281 g/mol. The van der Waals surface area contributed by atoms with Crippen LogP contribution in [0.1, 0.15) is 37.3 Å². The molecule has 0 saturated carbocycles. The lowest BCUT2D eigenvalue weighted by atomic mass is 10.1. The molecule has 2 atom stereocenters. The van der Waals surface area contributed by atoms with Crippen molar-refractivity contribution in [2.75, 3.05) is 13.7 Å². The van der Waals surface area contributed by atoms with Gasteiger partial charge in [0.05, 0.1) is 12.7 Å². The first kappa shape index (κ1) is 15.4. The molecule has 1 aromatic rings. The van der Waals surface area contributed by atoms with Crippen molar-refractivity contribution in [3.05, 3.63) is 35.1 Å². The average Bonchev–Trinajstić information content (AvgIpc) is 2.93. The molecular formula is C16H24FNO2. The lowest BCUT2D eigenvalue weighted by molar-refractivity contribution is 0.0961. The van der Waals surface area contributed by atoms with Gasteiger partial charge in [-0.25, -0.2) is 4.39 Å². The van der Waals surface area contributed by atoms with E-state index in [0.717, 1.165) is 25.1 Å². The van der Waals surface area contributed by atoms with E-state index in [1.54, 1.807) is 7.11 Å². The fourth-order valence-corrected chi connectivity index (χ4v) is 2.60. The van der Waals surface area contributed by atoms with Crippen LogP contribution >= 0.6 is 0 Å². The topological polar surface area (TPSA) is 30.5 Å². The largest absolute Gasteiger partial charge is 0.380 e. The molecule has 0 aliphatic carbocycles. The third kappa shape index (κ3) is 4.54. The molecule has 1 aliphatic rings. The summed E-state index contributed by atoms with van der Waals surface area (Å²) in [6, 6.07) is 5.59. The van der Waals surface area contributed by atoms with Crippen molar-refractivity contribution in [3.63, 3.8) is 0 Å². The minimum atomic E-state index is -0.206. The predicted octanol–water partition coefficient (Wildman–Crippen LogP) is 3.02. The SMILES string of the molecule is COCc1cc(CN[C@@H](C)C[C@@H]2CCCO2)ccc1F. The van der Waals surface area contributed by atoms with Crippen LogP contribution < -0.4 is 5.32 Å². The van der Waals surface area contributed by atoms with Crippen LogP contribution in [0.5, 0.6) is 0 Å². The molecule has 0 aromatic heterocycles. The van der Waals surface area contributed by atoms with E-state index in [0.29, 0.717) is 24.3 Å². The lowest BCUT2D eigenvalue weighted by Gasteiger charge is -2.18. The van der Waals surface area contributed by atoms with Gasteiger partial charge in [-0.05, 0) is 43.9 Å². The van der Waals surface area contributed by atoms with E-state index < -0.39 is 0 Å². The molecule has 0 spiro atoms. The zero-order chi connectivity index (χ0) is 14.4. The number of ether oxygens (including phenoxy) is 2. The van der Waals surface area contributed by atoms with Gasteiger partial charge in [0.25, 0.3) is 0 Å². The van der Waals surface area contributed by atoms with Gasteiger partial charge < -0.3 is 14.8 Å². The third-order valence-corrected chi connectivity index (χ3v) is 3.71. The van der Waals surface area contributed by atoms with Crippen molar-refractivity contribution >= 4 is 0 Å². The van der Waals surface area contributed by atoms with Crippen LogP contribution in [0.4, 0.5) is 4.39 Å². The standard InChI is InChI=1S/C16H24FNO2/c1-12(8-15-4-3-7-20-15)18-10-13-5-6-16(17)14(9-13)11-19-2/h5-6,9,12,15,18H,3-4,7-8,10-11H2,1-2H3/t12-,15-/m0/s1. The Morgan fingerprint density at radius 3 is 3.05 bits per heavy atom. The molecular weight excluding hydrogens is 257 g/mol. The number of hydrogen-bond donors (Lipinski definition) is 1. The summed E-state index contributed by atoms with van der Waals surface area (Å²) in [5.41, 5.74) is 1.69. The number of benzene rings is 1. The highest BCUT2D eigenvalue weighted by molar-refractivity contribution is 5.24. The molecule has 0 amide bonds. The summed E-state index contributed by atoms with van der Waals surface area (Å²) in [6.45, 7) is 4.12. The van der Waals surface area contributed by atoms with Gasteiger partial charge >= 0.3 is 0 Å². The highest BCUT2D eigenvalue weighted by Gasteiger charge is 2.18. The molecule has 1 heterocycles. The summed E-state index contributed by atoms with van der Waals surface area (Å²) >= 11 is 0. The number of nitrogens with one attached hydrogen (secondary N) is 1. The fraction of sp³-hybridized carbons (Fsp3) is 0.625. The number of halogens is 1. The second-order valence-electron chi connectivity index (χ2n) is 5.51. The molecule has 3 nitrogen and oxygen atoms in total. The van der Waals surface area contributed by atoms with E-state index in [1.165, 1.54) is 18.9 Å². The molecule has 4 heteroatoms. The molecule has 1 N–H and O–H groups in total. The Morgan fingerprint density at radius 1 is 1.50 bits per heavy atom. The van der Waals surface area contributed by atoms with Crippen LogP contribution in [0, 0.1) is 5.82 Å². The van der Waals surface area contributed by atoms with Crippen LogP contribution in [0.25, 0.3) is 0 Å². The van der Waals surface area contributed by atoms with Crippen LogP contribution in [-0.2, 0) is 22.6 Å². The first-order valence-electron chi connectivity index (χ1n) is 7.30. The fourth-order valence-electron chi connectivity index (χ4n) is 2.60. The van der Waals surface area contributed by atoms with Crippen molar-refractivity contribution in [1.82, 2.24) is 5.32 Å². The first-order chi connectivity index (χ1) is 9.69. The maximum absolute atomic E-state index is 13.5. The molecule has 0 unspecified atom stereocenters. The minimum Gasteiger partial charge on any atom is -0.380 e. The number of rotatable bonds is 7. The molecule has 20 heavy (non-hydrogen) atoms. The highest BCUT2D eigenvalue weighted by Crippen LogP contribution is 2.17. The van der Waals surface area contributed by atoms with Crippen molar-refractivity contribution in [2.24, 2.45) is 0 Å². The Bertz CT molecular complexity index is 419. The molecule has 1 aromatic carbocycles. The lowest BCUT2D eigenvalue weighted by Crippen LogP contribution is -2.29. The normalized spacial score (nSPS) is 20.2. The van der Waals surface area contributed by atoms with Crippen molar-refractivity contribution < 1.29 is 13.9 Å². The smallest absolute Gasteiger partial charge is 0.128 e. The van der Waals surface area contributed by atoms with Gasteiger partial charge in [-0.15, -0.1) is 0 Å². The Labute approximate surface area is 120 Å². The van der Waals surface area contributed by atoms with E-state index in [2.05, 4.69) is 12.2 Å². The zero-order valence-corrected chi connectivity index (χ0v) is 12.3. The molecule has 1 saturated heterocycles. The number of hydrogen-bond acceptors (Lipinski definition) is 3. The second-order valence-corrected chi connectivity index (χ2v) is 5.51. The summed E-state index contributed by atoms with van der Waals surface area (Å²) in [6.07, 6.45) is 3.78. The summed E-state index contributed by atoms with van der Waals surface area (Å²) in [4.78, 5) is 0. The van der Waals surface area contributed by atoms with Gasteiger partial charge in [-0.1, -0.05) is 6.07 Å². The minimum absolute atomic E-state index is 0.206. The van der Waals surface area contributed by atoms with Gasteiger partial charge in [0.2, 0.25) is 0 Å². The molecule has 0 bridgehead atoms. The van der Waals surface area contributed by atoms with E-state index in [9.17, 15) is 4.39 Å². The molecule has 2 rings (SSSR count). The van der Waals surface area contributed by atoms with Crippen LogP contribution in [0.2, 0.25) is 0 Å². The first-order valence-corrected chi connectivity index (χ1v) is 7.30. The van der Waals surface area contributed by atoms with Crippen LogP contribution in [-0.4, -0.2) is 25.9 Å². The van der Waals surface area contributed by atoms with Crippen LogP contribution in [0.15, 0.2) is 18.2 Å². The van der Waals surface area contributed by atoms with Crippen molar-refractivity contribution in [3.8, 4) is 0 Å². The summed E-state index contributed by atoms with van der Waals surface area (Å²) in [7, 11) is 1.58. The highest BCUT2D eigenvalue weighted by atomic mass is 19.1. The summed E-state index contributed by atoms with van der Waals surface area (Å²) in [5.74, 6) is -0.206. The van der Waals surface area contributed by atoms with Gasteiger partial charge in [-0.2, -0.15) is 0 Å². The monoisotopic (exact) mass is 281 g/mol. The van der Waals surface area contributed by atoms with Crippen molar-refractivity contribution in [1.29, 1.82) is 0 Å². The molecule has 1 aliphatic heterocycles. The second kappa shape index (κ2) is 7.72. The van der Waals surface area contributed by atoms with E-state index in [1.807, 2.05) is 12.1 Å². The van der Waals surface area contributed by atoms with E-state index >= 15 is 0 Å². The quantitative estimate of drug-likeness (QED) is 0.833. The number of methoxy groups -OCH3 is 1. The van der Waals surface area contributed by atoms with Gasteiger partial charge in [0.1, 0.15) is 5.82 Å². The zero-order valence-electron chi connectivity index (χ0n) is 12.3. The molecule has 112 valence electrons. The van der Waals surface area contributed by atoms with E-state index in [4.69, 9.17) is 9.47 Å². The van der Waals surface area contributed by atoms with Crippen molar-refractivity contribution in [2.45, 2.75) is 51.5 Å². The third-order valence-electron chi connectivity index (χ3n) is 3.71. The van der Waals surface area contributed by atoms with Gasteiger partial charge in [0.15, 0.2) is 0 Å². The van der Waals surface area contributed by atoms with Gasteiger partial charge in [-0.3, -0.25) is 0 Å². The van der Waals surface area contributed by atoms with Crippen LogP contribution in [0.3, 0.4) is 0 Å². The Kier molecular flexibility index (Phi) is 5.95. The Balaban J connectivity index is 1.81. The Hall–Kier alpha value is -0.970. The Morgan fingerprint density at radius 2 is 2.35 bits per heavy atom. The van der Waals surface area contributed by atoms with E-state index in [-0.39, 0.29) is 5.82 Å². The summed E-state index contributed by atoms with van der Waals surface area (Å²) in [5, 5.41) is 3.47. The molecule has 1 fully saturated rings. The maximum atomic E-state index is 13.5. The molecule has 0 radical (unpaired) electrons. The predicted molar refractivity (Wildman–Crippen MR) is 77.0 cm³/mol.